The molecule has 0 fully saturated rings. The highest BCUT2D eigenvalue weighted by Gasteiger charge is 2.27. The van der Waals surface area contributed by atoms with Gasteiger partial charge in [-0.2, -0.15) is 0 Å². The predicted octanol–water partition coefficient (Wildman–Crippen LogP) is 2.49. The van der Waals surface area contributed by atoms with E-state index >= 15 is 0 Å². The predicted molar refractivity (Wildman–Crippen MR) is 126 cm³/mol. The molecule has 0 aliphatic heterocycles. The number of aliphatic hydroxyl groups is 1. The Balaban J connectivity index is 2.22. The monoisotopic (exact) mass is 495 g/mol. The molecule has 0 amide bonds. The summed E-state index contributed by atoms with van der Waals surface area (Å²) in [6.07, 6.45) is 2.75. The van der Waals surface area contributed by atoms with Crippen LogP contribution in [0.1, 0.15) is 25.0 Å². The second-order valence-corrected chi connectivity index (χ2v) is 9.34. The molecule has 0 radical (unpaired) electrons. The molecule has 10 nitrogen and oxygen atoms in total. The minimum atomic E-state index is -3.82. The minimum absolute atomic E-state index is 0.00873. The fourth-order valence-electron chi connectivity index (χ4n) is 2.79. The lowest BCUT2D eigenvalue weighted by atomic mass is 10.1. The number of rotatable bonds is 11. The highest BCUT2D eigenvalue weighted by Crippen LogP contribution is 2.35. The molecule has 0 saturated heterocycles. The molecular formula is C23H29NO9S. The first-order chi connectivity index (χ1) is 15.9. The van der Waals surface area contributed by atoms with E-state index in [1.165, 1.54) is 72.8 Å². The van der Waals surface area contributed by atoms with Crippen LogP contribution >= 0.6 is 0 Å². The Morgan fingerprint density at radius 1 is 0.941 bits per heavy atom. The van der Waals surface area contributed by atoms with Crippen molar-refractivity contribution < 1.29 is 42.0 Å². The molecule has 0 aromatic heterocycles. The smallest absolute Gasteiger partial charge is 0.343 e. The molecular weight excluding hydrogens is 466 g/mol. The minimum Gasteiger partial charge on any atom is -0.496 e. The van der Waals surface area contributed by atoms with Crippen LogP contribution < -0.4 is 28.4 Å². The van der Waals surface area contributed by atoms with Crippen LogP contribution in [0.5, 0.6) is 28.7 Å². The molecule has 2 N–H and O–H groups in total. The molecule has 34 heavy (non-hydrogen) atoms. The van der Waals surface area contributed by atoms with E-state index in [9.17, 15) is 18.3 Å². The van der Waals surface area contributed by atoms with Crippen LogP contribution in [-0.4, -0.2) is 53.5 Å². The molecule has 2 rings (SSSR count). The molecule has 0 aliphatic rings. The summed E-state index contributed by atoms with van der Waals surface area (Å²) < 4.78 is 53.8. The first-order valence-corrected chi connectivity index (χ1v) is 11.7. The van der Waals surface area contributed by atoms with Crippen molar-refractivity contribution in [1.29, 1.82) is 0 Å². The summed E-state index contributed by atoms with van der Waals surface area (Å²) in [6, 6.07) is 7.65. The summed E-state index contributed by atoms with van der Waals surface area (Å²) in [5, 5.41) is 9.81. The summed E-state index contributed by atoms with van der Waals surface area (Å²) in [6.45, 7) is 2.55. The molecule has 2 aromatic rings. The number of hydrogen-bond donors (Lipinski definition) is 2. The van der Waals surface area contributed by atoms with Crippen molar-refractivity contribution in [2.24, 2.45) is 0 Å². The van der Waals surface area contributed by atoms with Gasteiger partial charge in [-0.25, -0.2) is 13.2 Å². The SMILES string of the molecule is COc1cc(OC)c(C=CNS(=O)(=O)Cc2ccc(OC)c(OC(=O)C(C)(C)O)c2)c(OC)c1. The number of ether oxygens (including phenoxy) is 5. The lowest BCUT2D eigenvalue weighted by Gasteiger charge is -2.17. The fraction of sp³-hybridized carbons (Fsp3) is 0.348. The van der Waals surface area contributed by atoms with Gasteiger partial charge in [-0.3, -0.25) is 4.72 Å². The Bertz CT molecular complexity index is 1130. The van der Waals surface area contributed by atoms with Crippen LogP contribution in [0, 0.1) is 0 Å². The normalized spacial score (nSPS) is 11.7. The first-order valence-electron chi connectivity index (χ1n) is 10.0. The zero-order valence-electron chi connectivity index (χ0n) is 19.9. The highest BCUT2D eigenvalue weighted by atomic mass is 32.2. The number of carbonyl (C=O) groups is 1. The molecule has 0 heterocycles. The molecule has 186 valence electrons. The van der Waals surface area contributed by atoms with Crippen LogP contribution in [0.2, 0.25) is 0 Å². The van der Waals surface area contributed by atoms with Gasteiger partial charge in [-0.05, 0) is 37.6 Å². The van der Waals surface area contributed by atoms with Crippen molar-refractivity contribution in [3.63, 3.8) is 0 Å². The molecule has 2 aromatic carbocycles. The van der Waals surface area contributed by atoms with Crippen molar-refractivity contribution in [1.82, 2.24) is 4.72 Å². The topological polar surface area (TPSA) is 130 Å². The van der Waals surface area contributed by atoms with Crippen molar-refractivity contribution >= 4 is 22.1 Å². The van der Waals surface area contributed by atoms with Gasteiger partial charge in [-0.15, -0.1) is 0 Å². The van der Waals surface area contributed by atoms with E-state index in [2.05, 4.69) is 4.72 Å². The summed E-state index contributed by atoms with van der Waals surface area (Å²) >= 11 is 0. The quantitative estimate of drug-likeness (QED) is 0.357. The molecule has 0 aliphatic carbocycles. The maximum absolute atomic E-state index is 12.6. The number of nitrogens with one attached hydrogen (secondary N) is 1. The lowest BCUT2D eigenvalue weighted by molar-refractivity contribution is -0.151. The van der Waals surface area contributed by atoms with E-state index in [1.54, 1.807) is 12.1 Å². The zero-order chi connectivity index (χ0) is 25.5. The van der Waals surface area contributed by atoms with Crippen molar-refractivity contribution in [2.45, 2.75) is 25.2 Å². The largest absolute Gasteiger partial charge is 0.496 e. The average molecular weight is 496 g/mol. The second-order valence-electron chi connectivity index (χ2n) is 7.59. The van der Waals surface area contributed by atoms with Crippen LogP contribution in [0.25, 0.3) is 6.08 Å². The summed E-state index contributed by atoms with van der Waals surface area (Å²) in [4.78, 5) is 12.0. The maximum Gasteiger partial charge on any atom is 0.343 e. The second kappa shape index (κ2) is 11.1. The van der Waals surface area contributed by atoms with Gasteiger partial charge in [0.1, 0.15) is 17.2 Å². The summed E-state index contributed by atoms with van der Waals surface area (Å²) in [7, 11) is 2.01. The Labute approximate surface area is 199 Å². The number of hydrogen-bond acceptors (Lipinski definition) is 9. The number of carbonyl (C=O) groups excluding carboxylic acids is 1. The Morgan fingerprint density at radius 2 is 1.53 bits per heavy atom. The lowest BCUT2D eigenvalue weighted by Crippen LogP contribution is -2.35. The van der Waals surface area contributed by atoms with Crippen LogP contribution in [0.15, 0.2) is 36.5 Å². The van der Waals surface area contributed by atoms with Crippen molar-refractivity contribution in [3.8, 4) is 28.7 Å². The summed E-state index contributed by atoms with van der Waals surface area (Å²) in [5.41, 5.74) is -0.887. The third-order valence-electron chi connectivity index (χ3n) is 4.54. The number of methoxy groups -OCH3 is 4. The number of sulfonamides is 1. The molecule has 0 spiro atoms. The average Bonchev–Trinajstić information content (AvgIpc) is 2.78. The standard InChI is InChI=1S/C23H29NO9S/c1-23(2,26)22(25)33-21-11-15(7-8-18(21)30-4)14-34(27,28)24-10-9-17-19(31-5)12-16(29-3)13-20(17)32-6/h7-13,24,26H,14H2,1-6H3. The molecule has 0 bridgehead atoms. The van der Waals surface area contributed by atoms with E-state index in [4.69, 9.17) is 23.7 Å². The fourth-order valence-corrected chi connectivity index (χ4v) is 3.77. The van der Waals surface area contributed by atoms with E-state index in [0.717, 1.165) is 0 Å². The van der Waals surface area contributed by atoms with Crippen molar-refractivity contribution in [3.05, 3.63) is 47.7 Å². The van der Waals surface area contributed by atoms with Gasteiger partial charge in [0.2, 0.25) is 10.0 Å². The van der Waals surface area contributed by atoms with Crippen LogP contribution in [-0.2, 0) is 20.6 Å². The van der Waals surface area contributed by atoms with E-state index in [1.807, 2.05) is 0 Å². The van der Waals surface area contributed by atoms with Gasteiger partial charge in [0.15, 0.2) is 17.1 Å². The zero-order valence-corrected chi connectivity index (χ0v) is 20.7. The van der Waals surface area contributed by atoms with Crippen LogP contribution in [0.3, 0.4) is 0 Å². The Kier molecular flexibility index (Phi) is 8.77. The molecule has 0 unspecified atom stereocenters. The van der Waals surface area contributed by atoms with Gasteiger partial charge in [0.05, 0.1) is 39.8 Å². The summed E-state index contributed by atoms with van der Waals surface area (Å²) in [5.74, 6) is 0.267. The van der Waals surface area contributed by atoms with Gasteiger partial charge >= 0.3 is 5.97 Å². The van der Waals surface area contributed by atoms with E-state index in [0.29, 0.717) is 28.4 Å². The number of benzene rings is 2. The number of esters is 1. The van der Waals surface area contributed by atoms with Gasteiger partial charge in [0, 0.05) is 18.3 Å². The van der Waals surface area contributed by atoms with Gasteiger partial charge in [0.25, 0.3) is 0 Å². The van der Waals surface area contributed by atoms with Gasteiger partial charge in [-0.1, -0.05) is 6.07 Å². The first kappa shape index (κ1) is 26.8. The maximum atomic E-state index is 12.6. The Morgan fingerprint density at radius 3 is 2.03 bits per heavy atom. The molecule has 11 heteroatoms. The Hall–Kier alpha value is -3.44. The van der Waals surface area contributed by atoms with Crippen molar-refractivity contribution in [2.75, 3.05) is 28.4 Å². The highest BCUT2D eigenvalue weighted by molar-refractivity contribution is 7.88. The van der Waals surface area contributed by atoms with E-state index < -0.39 is 27.3 Å². The molecule has 0 saturated carbocycles. The van der Waals surface area contributed by atoms with Gasteiger partial charge < -0.3 is 28.8 Å². The third-order valence-corrected chi connectivity index (χ3v) is 5.75. The van der Waals surface area contributed by atoms with Crippen LogP contribution in [0.4, 0.5) is 0 Å². The molecule has 0 atom stereocenters. The third kappa shape index (κ3) is 7.03. The van der Waals surface area contributed by atoms with E-state index in [-0.39, 0.29) is 11.5 Å².